The van der Waals surface area contributed by atoms with Crippen LogP contribution in [0.15, 0.2) is 18.3 Å². The average Bonchev–Trinajstić information content (AvgIpc) is 2.72. The van der Waals surface area contributed by atoms with Crippen molar-refractivity contribution in [3.05, 3.63) is 23.9 Å². The first-order valence-electron chi connectivity index (χ1n) is 6.85. The summed E-state index contributed by atoms with van der Waals surface area (Å²) in [5.41, 5.74) is 1.39. The molecule has 0 saturated heterocycles. The van der Waals surface area contributed by atoms with Gasteiger partial charge in [0.15, 0.2) is 0 Å². The van der Waals surface area contributed by atoms with Gasteiger partial charge < -0.3 is 10.4 Å². The number of anilines is 1. The van der Waals surface area contributed by atoms with E-state index in [0.717, 1.165) is 31.6 Å². The van der Waals surface area contributed by atoms with Crippen LogP contribution < -0.4 is 5.32 Å². The van der Waals surface area contributed by atoms with E-state index in [-0.39, 0.29) is 11.5 Å². The second-order valence-electron chi connectivity index (χ2n) is 6.32. The standard InChI is InChI=1S/C15H24N2O/c1-15(2,3)12-7-8-14(17-10-12)16-9-11-5-4-6-13(11)18/h7-8,10-11,13,18H,4-6,9H2,1-3H3,(H,16,17). The fourth-order valence-corrected chi connectivity index (χ4v) is 2.43. The molecule has 0 bridgehead atoms. The van der Waals surface area contributed by atoms with E-state index in [2.05, 4.69) is 37.1 Å². The smallest absolute Gasteiger partial charge is 0.125 e. The van der Waals surface area contributed by atoms with Crippen LogP contribution in [0, 0.1) is 5.92 Å². The third-order valence-corrected chi connectivity index (χ3v) is 3.79. The molecule has 1 heterocycles. The molecule has 2 rings (SSSR count). The van der Waals surface area contributed by atoms with E-state index in [1.54, 1.807) is 0 Å². The fourth-order valence-electron chi connectivity index (χ4n) is 2.43. The van der Waals surface area contributed by atoms with Crippen molar-refractivity contribution >= 4 is 5.82 Å². The molecule has 0 aromatic carbocycles. The first-order chi connectivity index (χ1) is 8.47. The Balaban J connectivity index is 1.90. The molecule has 1 aliphatic carbocycles. The molecular weight excluding hydrogens is 224 g/mol. The van der Waals surface area contributed by atoms with Crippen LogP contribution in [0.1, 0.15) is 45.6 Å². The molecule has 1 aromatic rings. The van der Waals surface area contributed by atoms with E-state index in [0.29, 0.717) is 5.92 Å². The van der Waals surface area contributed by atoms with Crippen LogP contribution in [-0.4, -0.2) is 22.7 Å². The van der Waals surface area contributed by atoms with Crippen LogP contribution in [0.3, 0.4) is 0 Å². The largest absolute Gasteiger partial charge is 0.393 e. The predicted octanol–water partition coefficient (Wildman–Crippen LogP) is 2.95. The third-order valence-electron chi connectivity index (χ3n) is 3.79. The van der Waals surface area contributed by atoms with Crippen LogP contribution in [0.25, 0.3) is 0 Å². The Kier molecular flexibility index (Phi) is 3.91. The van der Waals surface area contributed by atoms with Gasteiger partial charge in [-0.25, -0.2) is 4.98 Å². The zero-order valence-electron chi connectivity index (χ0n) is 11.6. The summed E-state index contributed by atoms with van der Waals surface area (Å²) in [5, 5.41) is 13.1. The molecule has 100 valence electrons. The number of aliphatic hydroxyl groups is 1. The molecule has 18 heavy (non-hydrogen) atoms. The lowest BCUT2D eigenvalue weighted by molar-refractivity contribution is 0.138. The van der Waals surface area contributed by atoms with E-state index >= 15 is 0 Å². The van der Waals surface area contributed by atoms with Gasteiger partial charge in [-0.3, -0.25) is 0 Å². The fraction of sp³-hybridized carbons (Fsp3) is 0.667. The van der Waals surface area contributed by atoms with Crippen molar-refractivity contribution in [2.75, 3.05) is 11.9 Å². The lowest BCUT2D eigenvalue weighted by Crippen LogP contribution is -2.22. The summed E-state index contributed by atoms with van der Waals surface area (Å²) in [5.74, 6) is 1.29. The number of hydrogen-bond acceptors (Lipinski definition) is 3. The van der Waals surface area contributed by atoms with Gasteiger partial charge in [0.2, 0.25) is 0 Å². The van der Waals surface area contributed by atoms with Crippen molar-refractivity contribution in [1.82, 2.24) is 4.98 Å². The van der Waals surface area contributed by atoms with E-state index in [1.807, 2.05) is 12.3 Å². The lowest BCUT2D eigenvalue weighted by atomic mass is 9.88. The molecule has 2 unspecified atom stereocenters. The summed E-state index contributed by atoms with van der Waals surface area (Å²) < 4.78 is 0. The number of nitrogens with zero attached hydrogens (tertiary/aromatic N) is 1. The van der Waals surface area contributed by atoms with Gasteiger partial charge in [0.1, 0.15) is 5.82 Å². The number of pyridine rings is 1. The quantitative estimate of drug-likeness (QED) is 0.864. The second-order valence-corrected chi connectivity index (χ2v) is 6.32. The summed E-state index contributed by atoms with van der Waals surface area (Å²) in [6.45, 7) is 7.38. The van der Waals surface area contributed by atoms with Gasteiger partial charge in [-0.2, -0.15) is 0 Å². The Morgan fingerprint density at radius 1 is 1.33 bits per heavy atom. The summed E-state index contributed by atoms with van der Waals surface area (Å²) in [6, 6.07) is 4.16. The normalized spacial score (nSPS) is 24.2. The highest BCUT2D eigenvalue weighted by Gasteiger charge is 2.24. The van der Waals surface area contributed by atoms with E-state index in [1.165, 1.54) is 5.56 Å². The van der Waals surface area contributed by atoms with Gasteiger partial charge in [-0.05, 0) is 29.9 Å². The highest BCUT2D eigenvalue weighted by molar-refractivity contribution is 5.37. The Bertz CT molecular complexity index is 380. The first-order valence-corrected chi connectivity index (χ1v) is 6.85. The van der Waals surface area contributed by atoms with Crippen molar-refractivity contribution in [2.45, 2.75) is 51.6 Å². The van der Waals surface area contributed by atoms with Gasteiger partial charge in [-0.15, -0.1) is 0 Å². The van der Waals surface area contributed by atoms with E-state index in [9.17, 15) is 5.11 Å². The topological polar surface area (TPSA) is 45.1 Å². The van der Waals surface area contributed by atoms with Gasteiger partial charge in [-0.1, -0.05) is 33.3 Å². The second kappa shape index (κ2) is 5.27. The molecular formula is C15H24N2O. The van der Waals surface area contributed by atoms with Crippen molar-refractivity contribution in [3.8, 4) is 0 Å². The predicted molar refractivity (Wildman–Crippen MR) is 74.8 cm³/mol. The Morgan fingerprint density at radius 3 is 2.61 bits per heavy atom. The van der Waals surface area contributed by atoms with Gasteiger partial charge in [0.25, 0.3) is 0 Å². The van der Waals surface area contributed by atoms with Crippen molar-refractivity contribution in [3.63, 3.8) is 0 Å². The molecule has 1 fully saturated rings. The van der Waals surface area contributed by atoms with Crippen LogP contribution in [0.4, 0.5) is 5.82 Å². The maximum absolute atomic E-state index is 9.76. The van der Waals surface area contributed by atoms with E-state index in [4.69, 9.17) is 0 Å². The number of aliphatic hydroxyl groups excluding tert-OH is 1. The molecule has 0 amide bonds. The van der Waals surface area contributed by atoms with Gasteiger partial charge in [0.05, 0.1) is 6.10 Å². The zero-order valence-corrected chi connectivity index (χ0v) is 11.6. The highest BCUT2D eigenvalue weighted by atomic mass is 16.3. The maximum Gasteiger partial charge on any atom is 0.125 e. The van der Waals surface area contributed by atoms with Gasteiger partial charge in [0, 0.05) is 18.7 Å². The minimum Gasteiger partial charge on any atom is -0.393 e. The average molecular weight is 248 g/mol. The highest BCUT2D eigenvalue weighted by Crippen LogP contribution is 2.26. The number of aromatic nitrogens is 1. The van der Waals surface area contributed by atoms with Crippen LogP contribution >= 0.6 is 0 Å². The minimum absolute atomic E-state index is 0.133. The molecule has 0 spiro atoms. The number of hydrogen-bond donors (Lipinski definition) is 2. The number of nitrogens with one attached hydrogen (secondary N) is 1. The summed E-state index contributed by atoms with van der Waals surface area (Å²) in [7, 11) is 0. The Labute approximate surface area is 110 Å². The molecule has 1 saturated carbocycles. The monoisotopic (exact) mass is 248 g/mol. The summed E-state index contributed by atoms with van der Waals surface area (Å²) in [4.78, 5) is 4.44. The van der Waals surface area contributed by atoms with Crippen molar-refractivity contribution in [1.29, 1.82) is 0 Å². The first kappa shape index (κ1) is 13.3. The van der Waals surface area contributed by atoms with Crippen molar-refractivity contribution in [2.24, 2.45) is 5.92 Å². The summed E-state index contributed by atoms with van der Waals surface area (Å²) in [6.07, 6.45) is 5.01. The third kappa shape index (κ3) is 3.22. The minimum atomic E-state index is -0.133. The molecule has 0 radical (unpaired) electrons. The Morgan fingerprint density at radius 2 is 2.11 bits per heavy atom. The van der Waals surface area contributed by atoms with Crippen LogP contribution in [0.2, 0.25) is 0 Å². The maximum atomic E-state index is 9.76. The van der Waals surface area contributed by atoms with Crippen molar-refractivity contribution < 1.29 is 5.11 Å². The van der Waals surface area contributed by atoms with E-state index < -0.39 is 0 Å². The molecule has 1 aliphatic rings. The molecule has 1 aromatic heterocycles. The van der Waals surface area contributed by atoms with Crippen LogP contribution in [-0.2, 0) is 5.41 Å². The molecule has 3 nitrogen and oxygen atoms in total. The molecule has 0 aliphatic heterocycles. The molecule has 2 N–H and O–H groups in total. The zero-order chi connectivity index (χ0) is 13.2. The lowest BCUT2D eigenvalue weighted by Gasteiger charge is -2.19. The Hall–Kier alpha value is -1.09. The molecule has 2 atom stereocenters. The van der Waals surface area contributed by atoms with Crippen LogP contribution in [0.5, 0.6) is 0 Å². The summed E-state index contributed by atoms with van der Waals surface area (Å²) >= 11 is 0. The number of rotatable bonds is 3. The molecule has 3 heteroatoms. The SMILES string of the molecule is CC(C)(C)c1ccc(NCC2CCCC2O)nc1. The van der Waals surface area contributed by atoms with Gasteiger partial charge >= 0.3 is 0 Å².